The van der Waals surface area contributed by atoms with Crippen LogP contribution in [0.5, 0.6) is 0 Å². The van der Waals surface area contributed by atoms with Crippen LogP contribution >= 0.6 is 0 Å². The number of rotatable bonds is 2. The van der Waals surface area contributed by atoms with Crippen LogP contribution < -0.4 is 11.1 Å². The Hall–Kier alpha value is -3.14. The molecule has 2 aromatic rings. The molecule has 0 spiro atoms. The van der Waals surface area contributed by atoms with Gasteiger partial charge in [-0.05, 0) is 22.0 Å². The van der Waals surface area contributed by atoms with E-state index in [1.165, 1.54) is 0 Å². The van der Waals surface area contributed by atoms with Gasteiger partial charge < -0.3 is 0 Å². The molecule has 4 nitrogen and oxygen atoms in total. The maximum absolute atomic E-state index is 13.0. The Morgan fingerprint density at radius 1 is 0.567 bits per heavy atom. The summed E-state index contributed by atoms with van der Waals surface area (Å²) in [5.74, 6) is 0. The Labute approximate surface area is 176 Å². The van der Waals surface area contributed by atoms with Crippen molar-refractivity contribution in [1.82, 2.24) is 9.97 Å². The van der Waals surface area contributed by atoms with Crippen LogP contribution in [0.2, 0.25) is 0 Å². The zero-order valence-corrected chi connectivity index (χ0v) is 18.3. The smallest absolute Gasteiger partial charge is 0.267 e. The molecule has 0 atom stereocenters. The Morgan fingerprint density at radius 3 is 1.23 bits per heavy atom. The van der Waals surface area contributed by atoms with Crippen molar-refractivity contribution in [2.24, 2.45) is 0 Å². The van der Waals surface area contributed by atoms with Crippen LogP contribution in [0.15, 0.2) is 58.1 Å². The Kier molecular flexibility index (Phi) is 4.50. The van der Waals surface area contributed by atoms with Gasteiger partial charge in [0, 0.05) is 11.1 Å². The summed E-state index contributed by atoms with van der Waals surface area (Å²) in [6.07, 6.45) is 0. The van der Waals surface area contributed by atoms with E-state index in [1.54, 1.807) is 0 Å². The van der Waals surface area contributed by atoms with E-state index in [4.69, 9.17) is 0 Å². The van der Waals surface area contributed by atoms with Crippen molar-refractivity contribution in [3.8, 4) is 22.5 Å². The molecular formula is C26H26N2O2. The molecule has 0 aromatic heterocycles. The van der Waals surface area contributed by atoms with Gasteiger partial charge in [-0.25, -0.2) is 9.97 Å². The molecule has 2 aliphatic heterocycles. The van der Waals surface area contributed by atoms with E-state index in [9.17, 15) is 9.59 Å². The summed E-state index contributed by atoms with van der Waals surface area (Å²) in [5.41, 5.74) is 3.51. The first kappa shape index (κ1) is 20.1. The van der Waals surface area contributed by atoms with E-state index < -0.39 is 11.1 Å². The van der Waals surface area contributed by atoms with Crippen LogP contribution in [-0.2, 0) is 10.8 Å². The molecule has 152 valence electrons. The molecule has 0 aliphatic carbocycles. The SMILES string of the molecule is CC(C)(C)c1ccccc1-c1nc(=O)c2c(-c3ccccc3C(C)(C)C)nc(=O)c1=2. The van der Waals surface area contributed by atoms with Crippen LogP contribution in [0.25, 0.3) is 22.5 Å². The van der Waals surface area contributed by atoms with Crippen molar-refractivity contribution in [3.05, 3.63) is 90.8 Å². The summed E-state index contributed by atoms with van der Waals surface area (Å²) in [6, 6.07) is 15.7. The average molecular weight is 399 g/mol. The molecule has 0 amide bonds. The topological polar surface area (TPSA) is 59.9 Å². The highest BCUT2D eigenvalue weighted by Gasteiger charge is 2.26. The van der Waals surface area contributed by atoms with Crippen molar-refractivity contribution < 1.29 is 0 Å². The van der Waals surface area contributed by atoms with Crippen LogP contribution in [0, 0.1) is 10.4 Å². The minimum atomic E-state index is -0.392. The summed E-state index contributed by atoms with van der Waals surface area (Å²) in [4.78, 5) is 34.7. The van der Waals surface area contributed by atoms with E-state index in [0.717, 1.165) is 22.3 Å². The maximum atomic E-state index is 13.0. The highest BCUT2D eigenvalue weighted by atomic mass is 16.1. The molecule has 30 heavy (non-hydrogen) atoms. The second-order valence-electron chi connectivity index (χ2n) is 9.87. The van der Waals surface area contributed by atoms with Gasteiger partial charge in [0.25, 0.3) is 11.1 Å². The maximum Gasteiger partial charge on any atom is 0.280 e. The first-order valence-corrected chi connectivity index (χ1v) is 10.2. The van der Waals surface area contributed by atoms with E-state index in [2.05, 4.69) is 51.5 Å². The predicted molar refractivity (Wildman–Crippen MR) is 121 cm³/mol. The fourth-order valence-corrected chi connectivity index (χ4v) is 4.16. The van der Waals surface area contributed by atoms with E-state index in [-0.39, 0.29) is 10.8 Å². The minimum absolute atomic E-state index is 0.157. The first-order chi connectivity index (χ1) is 14.0. The second-order valence-corrected chi connectivity index (χ2v) is 9.87. The number of hydrogen-bond acceptors (Lipinski definition) is 4. The van der Waals surface area contributed by atoms with Crippen molar-refractivity contribution >= 4 is 0 Å². The van der Waals surface area contributed by atoms with Gasteiger partial charge in [-0.15, -0.1) is 0 Å². The quantitative estimate of drug-likeness (QED) is 0.490. The standard InChI is InChI=1S/C26H26N2O2/c1-25(2,3)17-13-9-7-11-15(17)21-19-20(24(30)27-21)22(28-23(19)29)16-12-8-10-14-18(16)26(4,5)6/h7-14H,1-6H3. The Balaban J connectivity index is 2.10. The monoisotopic (exact) mass is 398 g/mol. The third-order valence-corrected chi connectivity index (χ3v) is 5.56. The van der Waals surface area contributed by atoms with Gasteiger partial charge in [0.15, 0.2) is 0 Å². The summed E-state index contributed by atoms with van der Waals surface area (Å²) >= 11 is 0. The molecule has 4 rings (SSSR count). The lowest BCUT2D eigenvalue weighted by molar-refractivity contribution is 0.591. The lowest BCUT2D eigenvalue weighted by Crippen LogP contribution is -2.14. The van der Waals surface area contributed by atoms with Crippen LogP contribution in [0.3, 0.4) is 0 Å². The van der Waals surface area contributed by atoms with E-state index >= 15 is 0 Å². The minimum Gasteiger partial charge on any atom is -0.267 e. The first-order valence-electron chi connectivity index (χ1n) is 10.2. The van der Waals surface area contributed by atoms with Gasteiger partial charge in [-0.3, -0.25) is 9.59 Å². The molecule has 2 aliphatic rings. The van der Waals surface area contributed by atoms with Gasteiger partial charge in [-0.1, -0.05) is 90.1 Å². The molecule has 2 aromatic carbocycles. The van der Waals surface area contributed by atoms with Crippen LogP contribution in [0.1, 0.15) is 52.7 Å². The highest BCUT2D eigenvalue weighted by Crippen LogP contribution is 2.35. The van der Waals surface area contributed by atoms with Crippen molar-refractivity contribution in [2.45, 2.75) is 52.4 Å². The zero-order valence-electron chi connectivity index (χ0n) is 18.3. The molecule has 0 saturated carbocycles. The molecule has 4 heteroatoms. The number of aromatic nitrogens is 2. The normalized spacial score (nSPS) is 12.6. The van der Waals surface area contributed by atoms with E-state index in [0.29, 0.717) is 21.8 Å². The fraction of sp³-hybridized carbons (Fsp3) is 0.308. The van der Waals surface area contributed by atoms with E-state index in [1.807, 2.05) is 48.5 Å². The molecule has 0 fully saturated rings. The predicted octanol–water partition coefficient (Wildman–Crippen LogP) is 4.73. The molecule has 0 unspecified atom stereocenters. The van der Waals surface area contributed by atoms with Gasteiger partial charge in [0.05, 0.1) is 21.8 Å². The van der Waals surface area contributed by atoms with Crippen molar-refractivity contribution in [3.63, 3.8) is 0 Å². The lowest BCUT2D eigenvalue weighted by Gasteiger charge is -2.22. The molecule has 0 radical (unpaired) electrons. The lowest BCUT2D eigenvalue weighted by atomic mass is 9.82. The van der Waals surface area contributed by atoms with Crippen LogP contribution in [0.4, 0.5) is 0 Å². The third-order valence-electron chi connectivity index (χ3n) is 5.56. The Bertz CT molecular complexity index is 1290. The second kappa shape index (κ2) is 6.69. The van der Waals surface area contributed by atoms with Gasteiger partial charge in [0.2, 0.25) is 0 Å². The van der Waals surface area contributed by atoms with Crippen LogP contribution in [-0.4, -0.2) is 9.97 Å². The fourth-order valence-electron chi connectivity index (χ4n) is 4.16. The highest BCUT2D eigenvalue weighted by molar-refractivity contribution is 5.71. The molecule has 0 saturated heterocycles. The zero-order chi connectivity index (χ0) is 21.8. The number of nitrogens with zero attached hydrogens (tertiary/aromatic N) is 2. The largest absolute Gasteiger partial charge is 0.280 e. The summed E-state index contributed by atoms with van der Waals surface area (Å²) in [7, 11) is 0. The number of hydrogen-bond donors (Lipinski definition) is 0. The molecule has 0 bridgehead atoms. The van der Waals surface area contributed by atoms with Gasteiger partial charge >= 0.3 is 0 Å². The summed E-state index contributed by atoms with van der Waals surface area (Å²) < 4.78 is 0. The number of benzene rings is 2. The van der Waals surface area contributed by atoms with Gasteiger partial charge in [-0.2, -0.15) is 0 Å². The molecule has 0 N–H and O–H groups in total. The molecule has 2 heterocycles. The average Bonchev–Trinajstić information content (AvgIpc) is 3.19. The summed E-state index contributed by atoms with van der Waals surface area (Å²) in [6.45, 7) is 12.6. The van der Waals surface area contributed by atoms with Gasteiger partial charge in [0.1, 0.15) is 0 Å². The Morgan fingerprint density at radius 2 is 0.900 bits per heavy atom. The third kappa shape index (κ3) is 3.17. The summed E-state index contributed by atoms with van der Waals surface area (Å²) in [5, 5.41) is 0.658. The van der Waals surface area contributed by atoms with Crippen molar-refractivity contribution in [1.29, 1.82) is 0 Å². The molecular weight excluding hydrogens is 372 g/mol. The van der Waals surface area contributed by atoms with Crippen molar-refractivity contribution in [2.75, 3.05) is 0 Å².